The molecule has 9 heteroatoms. The number of nitrogens with one attached hydrogen (secondary N) is 1. The predicted molar refractivity (Wildman–Crippen MR) is 114 cm³/mol. The molecule has 0 aliphatic carbocycles. The Hall–Kier alpha value is -0.680. The highest BCUT2D eigenvalue weighted by Gasteiger charge is 2.16. The number of H-pyrrole nitrogens is 1. The highest BCUT2D eigenvalue weighted by atomic mass is 31.2. The van der Waals surface area contributed by atoms with E-state index in [-0.39, 0.29) is 0 Å². The van der Waals surface area contributed by atoms with Crippen LogP contribution in [-0.2, 0) is 0 Å². The monoisotopic (exact) mass is 385 g/mol. The van der Waals surface area contributed by atoms with E-state index in [4.69, 9.17) is 9.53 Å². The maximum Gasteiger partial charge on any atom is 0.168 e. The minimum Gasteiger partial charge on any atom is -0.353 e. The second-order valence-electron chi connectivity index (χ2n) is 6.58. The Morgan fingerprint density at radius 3 is 1.20 bits per heavy atom. The van der Waals surface area contributed by atoms with Gasteiger partial charge in [-0.05, 0) is 82.4 Å². The molecule has 0 atom stereocenters. The topological polar surface area (TPSA) is 53.5 Å². The van der Waals surface area contributed by atoms with E-state index < -0.39 is 16.7 Å². The average Bonchev–Trinajstić information content (AvgIpc) is 2.98. The molecule has 1 N–H and O–H groups in total. The van der Waals surface area contributed by atoms with Crippen molar-refractivity contribution < 1.29 is 0 Å². The standard InChI is InChI=1S/C16H33N7P2/c1-13(18-24(20(3)4)21(5)6)15-11-12-16(17-15)14(2)19-25(22(7)8)23(9)10/h11-12,17H,1-10H3/b18-13+,19-14?. The Morgan fingerprint density at radius 2 is 0.960 bits per heavy atom. The third-order valence-corrected chi connectivity index (χ3v) is 7.20. The smallest absolute Gasteiger partial charge is 0.168 e. The Labute approximate surface area is 155 Å². The summed E-state index contributed by atoms with van der Waals surface area (Å²) in [5.74, 6) is 0. The molecular weight excluding hydrogens is 352 g/mol. The van der Waals surface area contributed by atoms with Gasteiger partial charge in [-0.3, -0.25) is 18.7 Å². The fourth-order valence-electron chi connectivity index (χ4n) is 2.27. The fraction of sp³-hybridized carbons (Fsp3) is 0.625. The fourth-order valence-corrected chi connectivity index (χ4v) is 5.17. The highest BCUT2D eigenvalue weighted by Crippen LogP contribution is 2.42. The van der Waals surface area contributed by atoms with Gasteiger partial charge in [-0.15, -0.1) is 0 Å². The number of aromatic amines is 1. The quantitative estimate of drug-likeness (QED) is 0.551. The summed E-state index contributed by atoms with van der Waals surface area (Å²) >= 11 is 0. The van der Waals surface area contributed by atoms with Gasteiger partial charge in [-0.2, -0.15) is 0 Å². The van der Waals surface area contributed by atoms with E-state index in [9.17, 15) is 0 Å². The summed E-state index contributed by atoms with van der Waals surface area (Å²) in [6.45, 7) is 4.11. The van der Waals surface area contributed by atoms with Crippen LogP contribution < -0.4 is 0 Å². The van der Waals surface area contributed by atoms with Gasteiger partial charge in [0.25, 0.3) is 0 Å². The summed E-state index contributed by atoms with van der Waals surface area (Å²) in [6.07, 6.45) is 0. The van der Waals surface area contributed by atoms with Gasteiger partial charge in [0.2, 0.25) is 0 Å². The molecule has 0 amide bonds. The zero-order chi connectivity index (χ0) is 19.3. The normalized spacial score (nSPS) is 14.2. The Balaban J connectivity index is 3.05. The lowest BCUT2D eigenvalue weighted by Gasteiger charge is -2.26. The van der Waals surface area contributed by atoms with Crippen LogP contribution in [0.25, 0.3) is 0 Å². The molecule has 25 heavy (non-hydrogen) atoms. The first kappa shape index (κ1) is 22.4. The van der Waals surface area contributed by atoms with Crippen molar-refractivity contribution in [1.82, 2.24) is 23.7 Å². The van der Waals surface area contributed by atoms with Gasteiger partial charge in [-0.25, -0.2) is 9.53 Å². The summed E-state index contributed by atoms with van der Waals surface area (Å²) in [5, 5.41) is 0. The van der Waals surface area contributed by atoms with E-state index >= 15 is 0 Å². The van der Waals surface area contributed by atoms with E-state index in [1.807, 2.05) is 0 Å². The molecule has 0 saturated heterocycles. The summed E-state index contributed by atoms with van der Waals surface area (Å²) in [6, 6.07) is 4.17. The molecule has 1 aromatic heterocycles. The van der Waals surface area contributed by atoms with Crippen molar-refractivity contribution in [2.24, 2.45) is 9.53 Å². The molecule has 0 aliphatic heterocycles. The molecule has 7 nitrogen and oxygen atoms in total. The van der Waals surface area contributed by atoms with Crippen molar-refractivity contribution in [1.29, 1.82) is 0 Å². The zero-order valence-corrected chi connectivity index (χ0v) is 19.0. The number of rotatable bonds is 8. The van der Waals surface area contributed by atoms with E-state index in [1.54, 1.807) is 0 Å². The first-order valence-electron chi connectivity index (χ1n) is 8.14. The Bertz CT molecular complexity index is 539. The Morgan fingerprint density at radius 1 is 0.680 bits per heavy atom. The Kier molecular flexibility index (Phi) is 8.82. The van der Waals surface area contributed by atoms with Crippen LogP contribution in [0.5, 0.6) is 0 Å². The second-order valence-corrected chi connectivity index (χ2v) is 11.3. The van der Waals surface area contributed by atoms with Crippen LogP contribution in [0.15, 0.2) is 21.7 Å². The second kappa shape index (κ2) is 9.86. The van der Waals surface area contributed by atoms with E-state index in [1.165, 1.54) is 0 Å². The molecule has 0 radical (unpaired) electrons. The number of nitrogens with zero attached hydrogens (tertiary/aromatic N) is 6. The molecule has 142 valence electrons. The lowest BCUT2D eigenvalue weighted by atomic mass is 10.3. The molecule has 0 fully saturated rings. The first-order chi connectivity index (χ1) is 11.5. The maximum atomic E-state index is 4.89. The van der Waals surface area contributed by atoms with Gasteiger partial charge in [0.05, 0.1) is 22.8 Å². The third-order valence-electron chi connectivity index (χ3n) is 3.38. The molecule has 0 aromatic carbocycles. The van der Waals surface area contributed by atoms with Crippen LogP contribution in [0.4, 0.5) is 0 Å². The van der Waals surface area contributed by atoms with Gasteiger partial charge in [-0.1, -0.05) is 0 Å². The van der Waals surface area contributed by atoms with E-state index in [0.29, 0.717) is 0 Å². The SMILES string of the molecule is CC(=NP(N(C)C)N(C)C)c1ccc(/C(C)=N/P(N(C)C)N(C)C)[nH]1. The molecule has 1 aromatic rings. The zero-order valence-electron chi connectivity index (χ0n) is 17.2. The first-order valence-corrected chi connectivity index (χ1v) is 10.5. The number of hydrogen-bond acceptors (Lipinski definition) is 6. The molecule has 0 spiro atoms. The highest BCUT2D eigenvalue weighted by molar-refractivity contribution is 7.51. The summed E-state index contributed by atoms with van der Waals surface area (Å²) < 4.78 is 18.4. The summed E-state index contributed by atoms with van der Waals surface area (Å²) in [4.78, 5) is 3.46. The molecule has 1 heterocycles. The van der Waals surface area contributed by atoms with Crippen LogP contribution in [0.3, 0.4) is 0 Å². The van der Waals surface area contributed by atoms with Crippen LogP contribution in [-0.4, -0.2) is 91.5 Å². The van der Waals surface area contributed by atoms with Gasteiger partial charge < -0.3 is 4.98 Å². The average molecular weight is 385 g/mol. The maximum absolute atomic E-state index is 4.89. The molecule has 0 aliphatic rings. The van der Waals surface area contributed by atoms with Crippen molar-refractivity contribution in [2.45, 2.75) is 13.8 Å². The van der Waals surface area contributed by atoms with Gasteiger partial charge in [0.1, 0.15) is 0 Å². The third kappa shape index (κ3) is 6.52. The van der Waals surface area contributed by atoms with E-state index in [0.717, 1.165) is 22.8 Å². The number of hydrogen-bond donors (Lipinski definition) is 1. The van der Waals surface area contributed by atoms with Gasteiger partial charge in [0.15, 0.2) is 16.7 Å². The van der Waals surface area contributed by atoms with Gasteiger partial charge in [0, 0.05) is 0 Å². The van der Waals surface area contributed by atoms with Crippen LogP contribution >= 0.6 is 16.7 Å². The largest absolute Gasteiger partial charge is 0.353 e. The van der Waals surface area contributed by atoms with Crippen molar-refractivity contribution in [3.05, 3.63) is 23.5 Å². The van der Waals surface area contributed by atoms with Crippen molar-refractivity contribution in [2.75, 3.05) is 56.4 Å². The van der Waals surface area contributed by atoms with Crippen LogP contribution in [0.1, 0.15) is 25.2 Å². The van der Waals surface area contributed by atoms with Gasteiger partial charge >= 0.3 is 0 Å². The molecule has 1 rings (SSSR count). The van der Waals surface area contributed by atoms with Crippen molar-refractivity contribution >= 4 is 28.2 Å². The lowest BCUT2D eigenvalue weighted by Crippen LogP contribution is -2.16. The minimum absolute atomic E-state index is 0.685. The minimum atomic E-state index is -0.685. The lowest BCUT2D eigenvalue weighted by molar-refractivity contribution is 0.575. The van der Waals surface area contributed by atoms with Crippen LogP contribution in [0, 0.1) is 0 Å². The van der Waals surface area contributed by atoms with Crippen molar-refractivity contribution in [3.8, 4) is 0 Å². The van der Waals surface area contributed by atoms with Crippen LogP contribution in [0.2, 0.25) is 0 Å². The van der Waals surface area contributed by atoms with E-state index in [2.05, 4.69) is 106 Å². The predicted octanol–water partition coefficient (Wildman–Crippen LogP) is 3.33. The molecule has 0 bridgehead atoms. The summed E-state index contributed by atoms with van der Waals surface area (Å²) in [7, 11) is 15.1. The molecule has 0 saturated carbocycles. The van der Waals surface area contributed by atoms with Crippen molar-refractivity contribution in [3.63, 3.8) is 0 Å². The molecule has 0 unspecified atom stereocenters. The molecular formula is C16H33N7P2. The number of aromatic nitrogens is 1. The summed E-state index contributed by atoms with van der Waals surface area (Å²) in [5.41, 5.74) is 4.10.